The van der Waals surface area contributed by atoms with Gasteiger partial charge in [0.25, 0.3) is 0 Å². The van der Waals surface area contributed by atoms with Gasteiger partial charge in [0.15, 0.2) is 0 Å². The third-order valence-electron chi connectivity index (χ3n) is 2.48. The number of anilines is 1. The second kappa shape index (κ2) is 6.02. The number of rotatable bonds is 6. The molecule has 96 valence electrons. The van der Waals surface area contributed by atoms with Crippen molar-refractivity contribution in [1.82, 2.24) is 0 Å². The summed E-state index contributed by atoms with van der Waals surface area (Å²) in [5.41, 5.74) is 2.55. The molecule has 0 bridgehead atoms. The average Bonchev–Trinajstić information content (AvgIpc) is 2.23. The fourth-order valence-corrected chi connectivity index (χ4v) is 2.71. The van der Waals surface area contributed by atoms with Crippen LogP contribution in [-0.2, 0) is 10.0 Å². The first-order valence-corrected chi connectivity index (χ1v) is 7.28. The van der Waals surface area contributed by atoms with E-state index in [1.165, 1.54) is 0 Å². The SMILES string of the molecule is Cc1ccc(C)c(NS(=O)(=O)CCCCO)c1. The van der Waals surface area contributed by atoms with E-state index in [0.717, 1.165) is 11.1 Å². The number of unbranched alkanes of at least 4 members (excludes halogenated alkanes) is 1. The van der Waals surface area contributed by atoms with Crippen molar-refractivity contribution in [3.8, 4) is 0 Å². The number of nitrogens with one attached hydrogen (secondary N) is 1. The molecule has 1 rings (SSSR count). The van der Waals surface area contributed by atoms with Gasteiger partial charge in [0, 0.05) is 6.61 Å². The third kappa shape index (κ3) is 4.75. The van der Waals surface area contributed by atoms with E-state index < -0.39 is 10.0 Å². The molecule has 1 aromatic rings. The van der Waals surface area contributed by atoms with Gasteiger partial charge in [0.2, 0.25) is 10.0 Å². The molecule has 0 radical (unpaired) electrons. The molecule has 0 spiro atoms. The predicted molar refractivity (Wildman–Crippen MR) is 69.6 cm³/mol. The number of aliphatic hydroxyl groups excluding tert-OH is 1. The van der Waals surface area contributed by atoms with Gasteiger partial charge in [-0.05, 0) is 43.9 Å². The molecular formula is C12H19NO3S. The van der Waals surface area contributed by atoms with Crippen LogP contribution in [0.4, 0.5) is 5.69 Å². The van der Waals surface area contributed by atoms with E-state index >= 15 is 0 Å². The molecule has 0 fully saturated rings. The maximum absolute atomic E-state index is 11.7. The van der Waals surface area contributed by atoms with E-state index in [-0.39, 0.29) is 12.4 Å². The van der Waals surface area contributed by atoms with Crippen LogP contribution < -0.4 is 4.72 Å². The highest BCUT2D eigenvalue weighted by atomic mass is 32.2. The van der Waals surface area contributed by atoms with E-state index in [2.05, 4.69) is 4.72 Å². The van der Waals surface area contributed by atoms with Crippen LogP contribution in [0.2, 0.25) is 0 Å². The zero-order valence-corrected chi connectivity index (χ0v) is 11.0. The van der Waals surface area contributed by atoms with E-state index in [0.29, 0.717) is 18.5 Å². The second-order valence-electron chi connectivity index (χ2n) is 4.17. The molecule has 0 saturated heterocycles. The number of aryl methyl sites for hydroxylation is 2. The van der Waals surface area contributed by atoms with Gasteiger partial charge in [-0.25, -0.2) is 8.42 Å². The summed E-state index contributed by atoms with van der Waals surface area (Å²) in [4.78, 5) is 0. The van der Waals surface area contributed by atoms with Gasteiger partial charge in [0.05, 0.1) is 11.4 Å². The average molecular weight is 257 g/mol. The number of benzene rings is 1. The molecule has 0 aromatic heterocycles. The van der Waals surface area contributed by atoms with E-state index in [1.54, 1.807) is 0 Å². The van der Waals surface area contributed by atoms with Crippen LogP contribution in [0.15, 0.2) is 18.2 Å². The van der Waals surface area contributed by atoms with Gasteiger partial charge in [0.1, 0.15) is 0 Å². The second-order valence-corrected chi connectivity index (χ2v) is 6.01. The van der Waals surface area contributed by atoms with E-state index in [1.807, 2.05) is 32.0 Å². The summed E-state index contributed by atoms with van der Waals surface area (Å²) in [6.07, 6.45) is 0.977. The van der Waals surface area contributed by atoms with Crippen LogP contribution >= 0.6 is 0 Å². The van der Waals surface area contributed by atoms with Crippen molar-refractivity contribution in [1.29, 1.82) is 0 Å². The van der Waals surface area contributed by atoms with Gasteiger partial charge >= 0.3 is 0 Å². The number of sulfonamides is 1. The minimum Gasteiger partial charge on any atom is -0.396 e. The summed E-state index contributed by atoms with van der Waals surface area (Å²) >= 11 is 0. The van der Waals surface area contributed by atoms with Crippen molar-refractivity contribution in [2.45, 2.75) is 26.7 Å². The summed E-state index contributed by atoms with van der Waals surface area (Å²) in [6, 6.07) is 5.65. The lowest BCUT2D eigenvalue weighted by Crippen LogP contribution is -2.17. The standard InChI is InChI=1S/C12H19NO3S/c1-10-5-6-11(2)12(9-10)13-17(15,16)8-4-3-7-14/h5-6,9,13-14H,3-4,7-8H2,1-2H3. The Morgan fingerprint density at radius 1 is 1.24 bits per heavy atom. The summed E-state index contributed by atoms with van der Waals surface area (Å²) in [6.45, 7) is 3.81. The molecular weight excluding hydrogens is 238 g/mol. The van der Waals surface area contributed by atoms with Crippen molar-refractivity contribution >= 4 is 15.7 Å². The molecule has 0 aliphatic carbocycles. The Morgan fingerprint density at radius 2 is 1.94 bits per heavy atom. The molecule has 0 atom stereocenters. The minimum atomic E-state index is -3.31. The lowest BCUT2D eigenvalue weighted by atomic mass is 10.1. The lowest BCUT2D eigenvalue weighted by Gasteiger charge is -2.11. The van der Waals surface area contributed by atoms with Gasteiger partial charge < -0.3 is 5.11 Å². The van der Waals surface area contributed by atoms with E-state index in [9.17, 15) is 8.42 Å². The number of hydrogen-bond donors (Lipinski definition) is 2. The predicted octanol–water partition coefficient (Wildman–Crippen LogP) is 1.82. The first kappa shape index (κ1) is 14.0. The Balaban J connectivity index is 2.72. The molecule has 0 saturated carbocycles. The van der Waals surface area contributed by atoms with Gasteiger partial charge in [-0.2, -0.15) is 0 Å². The Kier molecular flexibility index (Phi) is 4.96. The largest absolute Gasteiger partial charge is 0.396 e. The number of hydrogen-bond acceptors (Lipinski definition) is 3. The van der Waals surface area contributed by atoms with Crippen LogP contribution in [0.5, 0.6) is 0 Å². The quantitative estimate of drug-likeness (QED) is 0.764. The molecule has 0 aliphatic heterocycles. The van der Waals surface area contributed by atoms with Crippen molar-refractivity contribution < 1.29 is 13.5 Å². The topological polar surface area (TPSA) is 66.4 Å². The summed E-state index contributed by atoms with van der Waals surface area (Å²) in [5, 5.41) is 8.62. The number of aliphatic hydroxyl groups is 1. The molecule has 0 aliphatic rings. The van der Waals surface area contributed by atoms with Gasteiger partial charge in [-0.15, -0.1) is 0 Å². The summed E-state index contributed by atoms with van der Waals surface area (Å²) in [5.74, 6) is 0.0426. The molecule has 0 amide bonds. The molecule has 4 nitrogen and oxygen atoms in total. The normalized spacial score (nSPS) is 11.5. The zero-order chi connectivity index (χ0) is 12.9. The smallest absolute Gasteiger partial charge is 0.232 e. The molecule has 1 aromatic carbocycles. The highest BCUT2D eigenvalue weighted by Crippen LogP contribution is 2.18. The van der Waals surface area contributed by atoms with E-state index in [4.69, 9.17) is 5.11 Å². The Hall–Kier alpha value is -1.07. The van der Waals surface area contributed by atoms with Gasteiger partial charge in [-0.3, -0.25) is 4.72 Å². The van der Waals surface area contributed by atoms with Gasteiger partial charge in [-0.1, -0.05) is 12.1 Å². The van der Waals surface area contributed by atoms with Crippen LogP contribution in [0.1, 0.15) is 24.0 Å². The van der Waals surface area contributed by atoms with Crippen LogP contribution in [0.25, 0.3) is 0 Å². The molecule has 0 unspecified atom stereocenters. The first-order chi connectivity index (χ1) is 7.94. The van der Waals surface area contributed by atoms with Crippen LogP contribution in [0, 0.1) is 13.8 Å². The Bertz CT molecular complexity index is 469. The maximum atomic E-state index is 11.7. The monoisotopic (exact) mass is 257 g/mol. The first-order valence-electron chi connectivity index (χ1n) is 5.63. The highest BCUT2D eigenvalue weighted by molar-refractivity contribution is 7.92. The Labute approximate surface area is 103 Å². The summed E-state index contributed by atoms with van der Waals surface area (Å²) < 4.78 is 26.1. The van der Waals surface area contributed by atoms with Crippen molar-refractivity contribution in [3.63, 3.8) is 0 Å². The van der Waals surface area contributed by atoms with Crippen molar-refractivity contribution in [3.05, 3.63) is 29.3 Å². The highest BCUT2D eigenvalue weighted by Gasteiger charge is 2.11. The fraction of sp³-hybridized carbons (Fsp3) is 0.500. The Morgan fingerprint density at radius 3 is 2.59 bits per heavy atom. The van der Waals surface area contributed by atoms with Crippen LogP contribution in [-0.4, -0.2) is 25.9 Å². The minimum absolute atomic E-state index is 0.0268. The molecule has 2 N–H and O–H groups in total. The molecule has 17 heavy (non-hydrogen) atoms. The van der Waals surface area contributed by atoms with Crippen molar-refractivity contribution in [2.24, 2.45) is 0 Å². The lowest BCUT2D eigenvalue weighted by molar-refractivity contribution is 0.287. The zero-order valence-electron chi connectivity index (χ0n) is 10.2. The fourth-order valence-electron chi connectivity index (χ4n) is 1.47. The molecule has 0 heterocycles. The van der Waals surface area contributed by atoms with Crippen molar-refractivity contribution in [2.75, 3.05) is 17.1 Å². The third-order valence-corrected chi connectivity index (χ3v) is 3.84. The molecule has 5 heteroatoms. The van der Waals surface area contributed by atoms with Crippen LogP contribution in [0.3, 0.4) is 0 Å². The summed E-state index contributed by atoms with van der Waals surface area (Å²) in [7, 11) is -3.31. The maximum Gasteiger partial charge on any atom is 0.232 e.